The van der Waals surface area contributed by atoms with Gasteiger partial charge in [0, 0.05) is 67.1 Å². The Labute approximate surface area is 304 Å². The Morgan fingerprint density at radius 1 is 1.00 bits per heavy atom. The summed E-state index contributed by atoms with van der Waals surface area (Å²) in [5.41, 5.74) is 4.43. The van der Waals surface area contributed by atoms with Gasteiger partial charge in [0.15, 0.2) is 0 Å². The first-order chi connectivity index (χ1) is 23.9. The molecule has 1 saturated carbocycles. The SMILES string of the molecule is CCCc1cc(Cl)ccc1C1COc2ccc3cc2N(C1)CC1CCC1C(CN1CCN2CCCCC2C1)/C=C/CC(C)C(C)SNC3=O. The minimum atomic E-state index is -0.0298. The van der Waals surface area contributed by atoms with Gasteiger partial charge in [-0.05, 0) is 122 Å². The number of ether oxygens (including phenoxy) is 1. The van der Waals surface area contributed by atoms with Crippen LogP contribution in [0.5, 0.6) is 5.75 Å². The van der Waals surface area contributed by atoms with Crippen LogP contribution >= 0.6 is 23.5 Å². The molecule has 0 spiro atoms. The fourth-order valence-corrected chi connectivity index (χ4v) is 10.1. The lowest BCUT2D eigenvalue weighted by Crippen LogP contribution is -2.56. The van der Waals surface area contributed by atoms with Crippen LogP contribution in [-0.4, -0.2) is 79.4 Å². The Hall–Kier alpha value is -2.19. The standard InChI is InChI=1S/C41H57ClN4O2S/c1-4-8-30-21-35(42)14-16-37(30)34-25-46-24-33-12-15-38(33)32(23-44-19-20-45-18-6-5-11-36(45)26-44)10-7-9-28(2)29(3)49-43-41(47)31-13-17-40(48-27-34)39(46)22-31/h7,10,13-14,16-17,21-22,28-29,32-34,36,38H,4-6,8-9,11-12,15,18-20,23-27H2,1-3H3,(H,43,47)/b10-7+. The van der Waals surface area contributed by atoms with Gasteiger partial charge in [-0.1, -0.05) is 63.4 Å². The van der Waals surface area contributed by atoms with Gasteiger partial charge in [-0.3, -0.25) is 19.3 Å². The number of carbonyl (C=O) groups is 1. The van der Waals surface area contributed by atoms with Gasteiger partial charge in [0.1, 0.15) is 5.75 Å². The molecule has 7 atom stereocenters. The lowest BCUT2D eigenvalue weighted by molar-refractivity contribution is 0.0283. The van der Waals surface area contributed by atoms with E-state index in [9.17, 15) is 4.79 Å². The number of fused-ring (bicyclic) bond motifs is 3. The molecule has 2 saturated heterocycles. The molecule has 266 valence electrons. The highest BCUT2D eigenvalue weighted by atomic mass is 35.5. The molecule has 7 rings (SSSR count). The first kappa shape index (κ1) is 35.2. The first-order valence-electron chi connectivity index (χ1n) is 19.3. The number of aryl methyl sites for hydroxylation is 1. The fourth-order valence-electron chi connectivity index (χ4n) is 9.13. The van der Waals surface area contributed by atoms with Crippen molar-refractivity contribution in [2.45, 2.75) is 89.3 Å². The van der Waals surface area contributed by atoms with Crippen molar-refractivity contribution in [2.75, 3.05) is 57.3 Å². The van der Waals surface area contributed by atoms with E-state index in [-0.39, 0.29) is 11.8 Å². The maximum atomic E-state index is 13.5. The summed E-state index contributed by atoms with van der Waals surface area (Å²) in [5.74, 6) is 3.38. The van der Waals surface area contributed by atoms with Crippen LogP contribution in [0.2, 0.25) is 5.02 Å². The average Bonchev–Trinajstić information content (AvgIpc) is 3.27. The van der Waals surface area contributed by atoms with Crippen molar-refractivity contribution >= 4 is 35.1 Å². The normalized spacial score (nSPS) is 32.1. The molecule has 4 aliphatic heterocycles. The first-order valence-corrected chi connectivity index (χ1v) is 20.5. The molecule has 49 heavy (non-hydrogen) atoms. The second-order valence-electron chi connectivity index (χ2n) is 15.7. The van der Waals surface area contributed by atoms with Crippen molar-refractivity contribution < 1.29 is 9.53 Å². The van der Waals surface area contributed by atoms with Crippen LogP contribution in [0.3, 0.4) is 0 Å². The van der Waals surface area contributed by atoms with E-state index in [4.69, 9.17) is 16.3 Å². The van der Waals surface area contributed by atoms with Gasteiger partial charge in [0.25, 0.3) is 5.91 Å². The third-order valence-corrected chi connectivity index (χ3v) is 13.8. The summed E-state index contributed by atoms with van der Waals surface area (Å²) >= 11 is 8.07. The second kappa shape index (κ2) is 16.0. The maximum Gasteiger partial charge on any atom is 0.261 e. The van der Waals surface area contributed by atoms with E-state index in [1.807, 2.05) is 18.2 Å². The number of halogens is 1. The van der Waals surface area contributed by atoms with E-state index in [0.29, 0.717) is 41.1 Å². The summed E-state index contributed by atoms with van der Waals surface area (Å²) in [5, 5.41) is 1.11. The molecule has 0 aromatic heterocycles. The zero-order valence-electron chi connectivity index (χ0n) is 29.9. The molecule has 0 radical (unpaired) electrons. The van der Waals surface area contributed by atoms with Gasteiger partial charge in [-0.15, -0.1) is 0 Å². The number of allylic oxidation sites excluding steroid dienone is 1. The van der Waals surface area contributed by atoms with Crippen LogP contribution < -0.4 is 14.4 Å². The van der Waals surface area contributed by atoms with Gasteiger partial charge in [-0.2, -0.15) is 0 Å². The Morgan fingerprint density at radius 2 is 1.90 bits per heavy atom. The number of piperidine rings is 1. The highest BCUT2D eigenvalue weighted by Crippen LogP contribution is 2.45. The monoisotopic (exact) mass is 704 g/mol. The molecular weight excluding hydrogens is 648 g/mol. The van der Waals surface area contributed by atoms with Gasteiger partial charge in [0.2, 0.25) is 0 Å². The van der Waals surface area contributed by atoms with Gasteiger partial charge < -0.3 is 9.64 Å². The molecule has 6 nitrogen and oxygen atoms in total. The fraction of sp³-hybridized carbons (Fsp3) is 0.634. The summed E-state index contributed by atoms with van der Waals surface area (Å²) in [7, 11) is 0. The van der Waals surface area contributed by atoms with E-state index >= 15 is 0 Å². The molecule has 3 fully saturated rings. The van der Waals surface area contributed by atoms with E-state index in [2.05, 4.69) is 70.5 Å². The van der Waals surface area contributed by atoms with Crippen molar-refractivity contribution in [3.63, 3.8) is 0 Å². The topological polar surface area (TPSA) is 48.1 Å². The smallest absolute Gasteiger partial charge is 0.261 e. The molecular formula is C41H57ClN4O2S. The number of carbonyl (C=O) groups excluding carboxylic acids is 1. The molecule has 2 aromatic rings. The zero-order chi connectivity index (χ0) is 33.9. The summed E-state index contributed by atoms with van der Waals surface area (Å²) < 4.78 is 9.81. The molecule has 2 aromatic carbocycles. The minimum Gasteiger partial charge on any atom is -0.491 e. The summed E-state index contributed by atoms with van der Waals surface area (Å²) in [6.07, 6.45) is 14.9. The maximum absolute atomic E-state index is 13.5. The number of rotatable bonds is 5. The third kappa shape index (κ3) is 8.16. The predicted octanol–water partition coefficient (Wildman–Crippen LogP) is 8.45. The Balaban J connectivity index is 1.19. The highest BCUT2D eigenvalue weighted by molar-refractivity contribution is 7.98. The van der Waals surface area contributed by atoms with Gasteiger partial charge in [0.05, 0.1) is 12.3 Å². The van der Waals surface area contributed by atoms with Crippen LogP contribution in [0.1, 0.15) is 93.1 Å². The summed E-state index contributed by atoms with van der Waals surface area (Å²) in [6.45, 7) is 15.4. The molecule has 7 unspecified atom stereocenters. The Kier molecular flexibility index (Phi) is 11.5. The summed E-state index contributed by atoms with van der Waals surface area (Å²) in [4.78, 5) is 21.6. The Morgan fingerprint density at radius 3 is 2.73 bits per heavy atom. The Bertz CT molecular complexity index is 1490. The lowest BCUT2D eigenvalue weighted by Gasteiger charge is -2.48. The number of anilines is 1. The number of piperazine rings is 1. The largest absolute Gasteiger partial charge is 0.491 e. The van der Waals surface area contributed by atoms with Crippen molar-refractivity contribution in [2.24, 2.45) is 23.7 Å². The van der Waals surface area contributed by atoms with Crippen LogP contribution in [0, 0.1) is 23.7 Å². The molecule has 4 heterocycles. The number of benzene rings is 2. The predicted molar refractivity (Wildman–Crippen MR) is 205 cm³/mol. The van der Waals surface area contributed by atoms with Crippen molar-refractivity contribution in [1.29, 1.82) is 0 Å². The molecule has 1 aliphatic carbocycles. The zero-order valence-corrected chi connectivity index (χ0v) is 31.5. The van der Waals surface area contributed by atoms with E-state index < -0.39 is 0 Å². The number of amides is 1. The van der Waals surface area contributed by atoms with Crippen LogP contribution in [0.4, 0.5) is 5.69 Å². The molecule has 1 amide bonds. The van der Waals surface area contributed by atoms with Crippen LogP contribution in [-0.2, 0) is 6.42 Å². The molecule has 5 aliphatic rings. The summed E-state index contributed by atoms with van der Waals surface area (Å²) in [6, 6.07) is 13.2. The van der Waals surface area contributed by atoms with Gasteiger partial charge >= 0.3 is 0 Å². The van der Waals surface area contributed by atoms with E-state index in [0.717, 1.165) is 54.9 Å². The van der Waals surface area contributed by atoms with Crippen LogP contribution in [0.25, 0.3) is 0 Å². The van der Waals surface area contributed by atoms with E-state index in [1.165, 1.54) is 76.0 Å². The number of hydrogen-bond acceptors (Lipinski definition) is 6. The quantitative estimate of drug-likeness (QED) is 0.249. The number of nitrogens with one attached hydrogen (secondary N) is 1. The molecule has 8 heteroatoms. The van der Waals surface area contributed by atoms with Gasteiger partial charge in [-0.25, -0.2) is 0 Å². The average molecular weight is 705 g/mol. The third-order valence-electron chi connectivity index (χ3n) is 12.4. The highest BCUT2D eigenvalue weighted by Gasteiger charge is 2.40. The minimum absolute atomic E-state index is 0.0298. The van der Waals surface area contributed by atoms with Crippen molar-refractivity contribution in [3.05, 3.63) is 70.3 Å². The van der Waals surface area contributed by atoms with Crippen LogP contribution in [0.15, 0.2) is 48.6 Å². The molecule has 2 bridgehead atoms. The second-order valence-corrected chi connectivity index (χ2v) is 17.3. The number of nitrogens with zero attached hydrogens (tertiary/aromatic N) is 3. The van der Waals surface area contributed by atoms with E-state index in [1.54, 1.807) is 11.9 Å². The lowest BCUT2D eigenvalue weighted by atomic mass is 9.66. The van der Waals surface area contributed by atoms with Crippen molar-refractivity contribution in [3.8, 4) is 5.75 Å². The molecule has 1 N–H and O–H groups in total. The van der Waals surface area contributed by atoms with Crippen molar-refractivity contribution in [1.82, 2.24) is 14.5 Å². The number of hydrogen-bond donors (Lipinski definition) is 1.